The number of halogens is 1. The summed E-state index contributed by atoms with van der Waals surface area (Å²) in [6, 6.07) is 3.32. The largest absolute Gasteiger partial charge is 0.324 e. The van der Waals surface area contributed by atoms with E-state index >= 15 is 0 Å². The maximum absolute atomic E-state index is 14.4. The summed E-state index contributed by atoms with van der Waals surface area (Å²) < 4.78 is 38.0. The van der Waals surface area contributed by atoms with E-state index in [1.807, 2.05) is 13.8 Å². The van der Waals surface area contributed by atoms with Crippen LogP contribution in [0.4, 0.5) is 10.1 Å². The fourth-order valence-corrected chi connectivity index (χ4v) is 4.36. The van der Waals surface area contributed by atoms with Gasteiger partial charge in [0.2, 0.25) is 5.91 Å². The van der Waals surface area contributed by atoms with Crippen LogP contribution in [0.2, 0.25) is 0 Å². The van der Waals surface area contributed by atoms with E-state index in [1.165, 1.54) is 6.07 Å². The Balaban J connectivity index is 1.98. The van der Waals surface area contributed by atoms with Gasteiger partial charge >= 0.3 is 0 Å². The molecular formula is C16H23FN2O3S. The Morgan fingerprint density at radius 3 is 2.83 bits per heavy atom. The molecule has 0 saturated carbocycles. The van der Waals surface area contributed by atoms with Gasteiger partial charge in [0.15, 0.2) is 9.84 Å². The molecule has 0 aliphatic carbocycles. The van der Waals surface area contributed by atoms with Crippen LogP contribution in [0.25, 0.3) is 0 Å². The minimum absolute atomic E-state index is 0.0229. The van der Waals surface area contributed by atoms with Gasteiger partial charge in [0, 0.05) is 13.0 Å². The van der Waals surface area contributed by atoms with Crippen LogP contribution < -0.4 is 10.6 Å². The molecule has 1 amide bonds. The van der Waals surface area contributed by atoms with Crippen molar-refractivity contribution >= 4 is 21.4 Å². The molecule has 5 nitrogen and oxygen atoms in total. The highest BCUT2D eigenvalue weighted by atomic mass is 32.2. The van der Waals surface area contributed by atoms with Crippen molar-refractivity contribution < 1.29 is 17.6 Å². The molecular weight excluding hydrogens is 319 g/mol. The zero-order valence-corrected chi connectivity index (χ0v) is 14.3. The van der Waals surface area contributed by atoms with Gasteiger partial charge in [-0.2, -0.15) is 0 Å². The molecule has 0 spiro atoms. The van der Waals surface area contributed by atoms with E-state index in [-0.39, 0.29) is 29.5 Å². The molecule has 1 aromatic rings. The first-order valence-electron chi connectivity index (χ1n) is 7.80. The monoisotopic (exact) mass is 342 g/mol. The molecule has 0 fully saturated rings. The summed E-state index contributed by atoms with van der Waals surface area (Å²) in [5, 5.41) is 5.65. The second-order valence-electron chi connectivity index (χ2n) is 6.30. The Kier molecular flexibility index (Phi) is 5.75. The zero-order valence-electron chi connectivity index (χ0n) is 13.5. The molecule has 0 saturated heterocycles. The zero-order chi connectivity index (χ0) is 17.0. The molecule has 1 aliphatic heterocycles. The van der Waals surface area contributed by atoms with E-state index in [1.54, 1.807) is 6.07 Å². The van der Waals surface area contributed by atoms with Crippen molar-refractivity contribution in [3.63, 3.8) is 0 Å². The van der Waals surface area contributed by atoms with Crippen LogP contribution in [0.5, 0.6) is 0 Å². The summed E-state index contributed by atoms with van der Waals surface area (Å²) >= 11 is 0. The fraction of sp³-hybridized carbons (Fsp3) is 0.562. The number of rotatable bonds is 6. The Labute approximate surface area is 136 Å². The lowest BCUT2D eigenvalue weighted by molar-refractivity contribution is -0.115. The van der Waals surface area contributed by atoms with Crippen LogP contribution in [0.1, 0.15) is 31.4 Å². The lowest BCUT2D eigenvalue weighted by atomic mass is 9.99. The highest BCUT2D eigenvalue weighted by Crippen LogP contribution is 2.24. The number of carbonyl (C=O) groups excluding carboxylic acids is 1. The molecule has 2 rings (SSSR count). The SMILES string of the molecule is CC(C)CS(=O)(=O)CCC(=O)Nc1ccc2c(c1F)CCNC2. The minimum atomic E-state index is -3.26. The fourth-order valence-electron chi connectivity index (χ4n) is 2.68. The van der Waals surface area contributed by atoms with Gasteiger partial charge in [-0.1, -0.05) is 19.9 Å². The van der Waals surface area contributed by atoms with Crippen molar-refractivity contribution in [2.45, 2.75) is 33.2 Å². The normalized spacial score (nSPS) is 14.6. The van der Waals surface area contributed by atoms with Crippen molar-refractivity contribution in [3.05, 3.63) is 29.1 Å². The minimum Gasteiger partial charge on any atom is -0.324 e. The second kappa shape index (κ2) is 7.40. The third-order valence-electron chi connectivity index (χ3n) is 3.71. The number of fused-ring (bicyclic) bond motifs is 1. The predicted octanol–water partition coefficient (Wildman–Crippen LogP) is 1.87. The molecule has 2 N–H and O–H groups in total. The lowest BCUT2D eigenvalue weighted by Gasteiger charge is -2.19. The number of carbonyl (C=O) groups is 1. The highest BCUT2D eigenvalue weighted by molar-refractivity contribution is 7.91. The lowest BCUT2D eigenvalue weighted by Crippen LogP contribution is -2.25. The molecule has 1 aromatic carbocycles. The maximum atomic E-state index is 14.4. The average molecular weight is 342 g/mol. The van der Waals surface area contributed by atoms with E-state index in [0.717, 1.165) is 5.56 Å². The average Bonchev–Trinajstić information content (AvgIpc) is 2.47. The summed E-state index contributed by atoms with van der Waals surface area (Å²) in [6.45, 7) is 4.95. The summed E-state index contributed by atoms with van der Waals surface area (Å²) in [4.78, 5) is 11.9. The Morgan fingerprint density at radius 2 is 2.13 bits per heavy atom. The first kappa shape index (κ1) is 17.9. The molecule has 0 bridgehead atoms. The summed E-state index contributed by atoms with van der Waals surface area (Å²) in [6.07, 6.45) is 0.417. The van der Waals surface area contributed by atoms with E-state index in [2.05, 4.69) is 10.6 Å². The maximum Gasteiger partial charge on any atom is 0.225 e. The van der Waals surface area contributed by atoms with Crippen LogP contribution in [-0.4, -0.2) is 32.4 Å². The third kappa shape index (κ3) is 5.00. The Hall–Kier alpha value is -1.47. The number of nitrogens with one attached hydrogen (secondary N) is 2. The molecule has 7 heteroatoms. The third-order valence-corrected chi connectivity index (χ3v) is 5.71. The molecule has 0 radical (unpaired) electrons. The Morgan fingerprint density at radius 1 is 1.39 bits per heavy atom. The van der Waals surface area contributed by atoms with Crippen molar-refractivity contribution in [2.24, 2.45) is 5.92 Å². The summed E-state index contributed by atoms with van der Waals surface area (Å²) in [5.74, 6) is -1.03. The van der Waals surface area contributed by atoms with Crippen LogP contribution in [-0.2, 0) is 27.6 Å². The standard InChI is InChI=1S/C16H23FN2O3S/c1-11(2)10-23(21,22)8-6-15(20)19-14-4-3-12-9-18-7-5-13(12)16(14)17/h3-4,11,18H,5-10H2,1-2H3,(H,19,20). The van der Waals surface area contributed by atoms with Gasteiger partial charge in [-0.3, -0.25) is 4.79 Å². The number of hydrogen-bond acceptors (Lipinski definition) is 4. The van der Waals surface area contributed by atoms with Crippen LogP contribution in [0.15, 0.2) is 12.1 Å². The van der Waals surface area contributed by atoms with Gasteiger partial charge in [-0.25, -0.2) is 12.8 Å². The van der Waals surface area contributed by atoms with Crippen LogP contribution >= 0.6 is 0 Å². The molecule has 0 aromatic heterocycles. The van der Waals surface area contributed by atoms with Gasteiger partial charge in [0.25, 0.3) is 0 Å². The summed E-state index contributed by atoms with van der Waals surface area (Å²) in [5.41, 5.74) is 1.64. The van der Waals surface area contributed by atoms with E-state index in [9.17, 15) is 17.6 Å². The van der Waals surface area contributed by atoms with Crippen molar-refractivity contribution in [1.29, 1.82) is 0 Å². The van der Waals surface area contributed by atoms with Gasteiger partial charge in [0.05, 0.1) is 17.2 Å². The number of sulfone groups is 1. The number of hydrogen-bond donors (Lipinski definition) is 2. The topological polar surface area (TPSA) is 75.3 Å². The predicted molar refractivity (Wildman–Crippen MR) is 88.5 cm³/mol. The number of amides is 1. The molecule has 0 unspecified atom stereocenters. The first-order chi connectivity index (χ1) is 10.8. The van der Waals surface area contributed by atoms with Gasteiger partial charge in [-0.15, -0.1) is 0 Å². The van der Waals surface area contributed by atoms with Gasteiger partial charge in [-0.05, 0) is 36.1 Å². The smallest absolute Gasteiger partial charge is 0.225 e. The van der Waals surface area contributed by atoms with Gasteiger partial charge in [0.1, 0.15) is 5.82 Å². The first-order valence-corrected chi connectivity index (χ1v) is 9.62. The summed E-state index contributed by atoms with van der Waals surface area (Å²) in [7, 11) is -3.26. The molecule has 1 aliphatic rings. The van der Waals surface area contributed by atoms with Crippen LogP contribution in [0.3, 0.4) is 0 Å². The van der Waals surface area contributed by atoms with Crippen LogP contribution in [0, 0.1) is 11.7 Å². The Bertz CT molecular complexity index is 687. The highest BCUT2D eigenvalue weighted by Gasteiger charge is 2.19. The van der Waals surface area contributed by atoms with Crippen molar-refractivity contribution in [3.8, 4) is 0 Å². The molecule has 0 atom stereocenters. The second-order valence-corrected chi connectivity index (χ2v) is 8.53. The van der Waals surface area contributed by atoms with E-state index in [4.69, 9.17) is 0 Å². The molecule has 128 valence electrons. The van der Waals surface area contributed by atoms with Crippen molar-refractivity contribution in [1.82, 2.24) is 5.32 Å². The number of benzene rings is 1. The van der Waals surface area contributed by atoms with E-state index in [0.29, 0.717) is 25.1 Å². The molecule has 23 heavy (non-hydrogen) atoms. The quantitative estimate of drug-likeness (QED) is 0.828. The van der Waals surface area contributed by atoms with Gasteiger partial charge < -0.3 is 10.6 Å². The van der Waals surface area contributed by atoms with E-state index < -0.39 is 21.6 Å². The van der Waals surface area contributed by atoms with Crippen molar-refractivity contribution in [2.75, 3.05) is 23.4 Å². The number of anilines is 1. The molecule has 1 heterocycles.